The summed E-state index contributed by atoms with van der Waals surface area (Å²) in [6, 6.07) is 2.96. The van der Waals surface area contributed by atoms with Crippen molar-refractivity contribution in [3.63, 3.8) is 0 Å². The molecular weight excluding hydrogens is 220 g/mol. The van der Waals surface area contributed by atoms with Crippen LogP contribution in [0, 0.1) is 11.8 Å². The average molecular weight is 230 g/mol. The lowest BCUT2D eigenvalue weighted by atomic mass is 10.3. The van der Waals surface area contributed by atoms with Crippen LogP contribution in [-0.4, -0.2) is 16.9 Å². The van der Waals surface area contributed by atoms with E-state index in [1.54, 1.807) is 19.1 Å². The fourth-order valence-electron chi connectivity index (χ4n) is 0.970. The van der Waals surface area contributed by atoms with Gasteiger partial charge in [-0.25, -0.2) is 4.79 Å². The van der Waals surface area contributed by atoms with Gasteiger partial charge in [0, 0.05) is 6.08 Å². The highest BCUT2D eigenvalue weighted by Gasteiger charge is 2.06. The molecule has 0 amide bonds. The summed E-state index contributed by atoms with van der Waals surface area (Å²) in [4.78, 5) is 21.7. The largest absolute Gasteiger partial charge is 0.478 e. The van der Waals surface area contributed by atoms with Crippen LogP contribution in [0.15, 0.2) is 34.8 Å². The molecule has 17 heavy (non-hydrogen) atoms. The smallest absolute Gasteiger partial charge is 0.328 e. The molecule has 4 nitrogen and oxygen atoms in total. The zero-order valence-corrected chi connectivity index (χ0v) is 9.14. The predicted octanol–water partition coefficient (Wildman–Crippen LogP) is 2.14. The third-order valence-electron chi connectivity index (χ3n) is 1.68. The number of carbonyl (C=O) groups excluding carboxylic acids is 1. The molecule has 0 aliphatic heterocycles. The van der Waals surface area contributed by atoms with E-state index >= 15 is 0 Å². The number of hydrogen-bond acceptors (Lipinski definition) is 3. The summed E-state index contributed by atoms with van der Waals surface area (Å²) in [5.41, 5.74) is 0. The molecule has 0 radical (unpaired) electrons. The Morgan fingerprint density at radius 1 is 1.41 bits per heavy atom. The first kappa shape index (κ1) is 12.5. The minimum atomic E-state index is -1.08. The molecule has 0 saturated heterocycles. The lowest BCUT2D eigenvalue weighted by Gasteiger charge is -1.85. The molecule has 1 N–H and O–H groups in total. The zero-order valence-electron chi connectivity index (χ0n) is 9.14. The van der Waals surface area contributed by atoms with Crippen molar-refractivity contribution < 1.29 is 19.1 Å². The molecule has 0 atom stereocenters. The topological polar surface area (TPSA) is 67.5 Å². The second kappa shape index (κ2) is 6.13. The first-order valence-corrected chi connectivity index (χ1v) is 4.81. The molecule has 86 valence electrons. The number of carboxylic acids is 1. The highest BCUT2D eigenvalue weighted by molar-refractivity contribution is 6.07. The molecule has 0 fully saturated rings. The van der Waals surface area contributed by atoms with Crippen LogP contribution in [0.2, 0.25) is 0 Å². The molecule has 0 spiro atoms. The van der Waals surface area contributed by atoms with Crippen LogP contribution in [0.25, 0.3) is 6.08 Å². The van der Waals surface area contributed by atoms with Crippen molar-refractivity contribution >= 4 is 17.8 Å². The van der Waals surface area contributed by atoms with Gasteiger partial charge < -0.3 is 9.52 Å². The molecule has 1 heterocycles. The summed E-state index contributed by atoms with van der Waals surface area (Å²) < 4.78 is 5.10. The minimum Gasteiger partial charge on any atom is -0.478 e. The van der Waals surface area contributed by atoms with Gasteiger partial charge in [0.2, 0.25) is 0 Å². The fraction of sp³-hybridized carbons (Fsp3) is 0.0769. The first-order valence-electron chi connectivity index (χ1n) is 4.81. The van der Waals surface area contributed by atoms with Gasteiger partial charge in [-0.05, 0) is 37.1 Å². The average Bonchev–Trinajstić information content (AvgIpc) is 2.75. The Kier molecular flexibility index (Phi) is 4.52. The molecule has 0 unspecified atom stereocenters. The Bertz CT molecular complexity index is 535. The molecule has 0 aliphatic carbocycles. The van der Waals surface area contributed by atoms with Gasteiger partial charge in [-0.15, -0.1) is 0 Å². The van der Waals surface area contributed by atoms with Crippen molar-refractivity contribution in [2.24, 2.45) is 0 Å². The van der Waals surface area contributed by atoms with Gasteiger partial charge in [0.05, 0.1) is 0 Å². The summed E-state index contributed by atoms with van der Waals surface area (Å²) in [5.74, 6) is 3.77. The second-order valence-electron chi connectivity index (χ2n) is 2.97. The van der Waals surface area contributed by atoms with E-state index < -0.39 is 11.8 Å². The molecule has 0 saturated carbocycles. The van der Waals surface area contributed by atoms with Crippen molar-refractivity contribution in [3.05, 3.63) is 41.9 Å². The zero-order chi connectivity index (χ0) is 12.7. The van der Waals surface area contributed by atoms with Crippen LogP contribution < -0.4 is 0 Å². The Balaban J connectivity index is 2.79. The van der Waals surface area contributed by atoms with Gasteiger partial charge >= 0.3 is 5.97 Å². The van der Waals surface area contributed by atoms with E-state index in [2.05, 4.69) is 11.8 Å². The highest BCUT2D eigenvalue weighted by atomic mass is 16.4. The third-order valence-corrected chi connectivity index (χ3v) is 1.68. The quantitative estimate of drug-likeness (QED) is 0.374. The molecule has 4 heteroatoms. The lowest BCUT2D eigenvalue weighted by Crippen LogP contribution is -1.90. The maximum atomic E-state index is 11.4. The van der Waals surface area contributed by atoms with Crippen molar-refractivity contribution in [1.82, 2.24) is 0 Å². The van der Waals surface area contributed by atoms with Crippen LogP contribution in [0.4, 0.5) is 0 Å². The predicted molar refractivity (Wildman–Crippen MR) is 62.3 cm³/mol. The maximum absolute atomic E-state index is 11.4. The van der Waals surface area contributed by atoms with Crippen molar-refractivity contribution in [2.45, 2.75) is 6.92 Å². The van der Waals surface area contributed by atoms with Crippen LogP contribution in [-0.2, 0) is 4.79 Å². The van der Waals surface area contributed by atoms with Crippen LogP contribution in [0.5, 0.6) is 0 Å². The maximum Gasteiger partial charge on any atom is 0.328 e. The van der Waals surface area contributed by atoms with E-state index in [0.717, 1.165) is 6.08 Å². The van der Waals surface area contributed by atoms with Crippen LogP contribution in [0.1, 0.15) is 23.2 Å². The lowest BCUT2D eigenvalue weighted by molar-refractivity contribution is -0.131. The SMILES string of the molecule is CC=CC#CC(=O)c1ccc(C=CC(=O)O)o1. The normalized spacial score (nSPS) is 10.4. The van der Waals surface area contributed by atoms with Gasteiger partial charge in [0.25, 0.3) is 5.78 Å². The van der Waals surface area contributed by atoms with Crippen molar-refractivity contribution in [3.8, 4) is 11.8 Å². The summed E-state index contributed by atoms with van der Waals surface area (Å²) >= 11 is 0. The molecule has 1 aromatic heterocycles. The molecule has 0 aliphatic rings. The Morgan fingerprint density at radius 2 is 2.18 bits per heavy atom. The summed E-state index contributed by atoms with van der Waals surface area (Å²) in [7, 11) is 0. The molecule has 1 aromatic rings. The van der Waals surface area contributed by atoms with Gasteiger partial charge in [-0.2, -0.15) is 0 Å². The number of aliphatic carboxylic acids is 1. The van der Waals surface area contributed by atoms with Gasteiger partial charge in [0.1, 0.15) is 5.76 Å². The second-order valence-corrected chi connectivity index (χ2v) is 2.97. The van der Waals surface area contributed by atoms with Crippen molar-refractivity contribution in [2.75, 3.05) is 0 Å². The highest BCUT2D eigenvalue weighted by Crippen LogP contribution is 2.09. The number of rotatable bonds is 3. The van der Waals surface area contributed by atoms with E-state index in [-0.39, 0.29) is 5.76 Å². The third kappa shape index (κ3) is 4.22. The number of carbonyl (C=O) groups is 2. The van der Waals surface area contributed by atoms with E-state index in [1.165, 1.54) is 18.2 Å². The molecular formula is C13H10O4. The monoisotopic (exact) mass is 230 g/mol. The first-order chi connectivity index (χ1) is 8.13. The van der Waals surface area contributed by atoms with E-state index in [4.69, 9.17) is 9.52 Å². The number of Topliss-reactive ketones (excluding diaryl/α,β-unsaturated/α-hetero) is 1. The van der Waals surface area contributed by atoms with E-state index in [1.807, 2.05) is 0 Å². The Labute approximate surface area is 98.2 Å². The van der Waals surface area contributed by atoms with Gasteiger partial charge in [-0.1, -0.05) is 12.0 Å². The molecule has 1 rings (SSSR count). The van der Waals surface area contributed by atoms with Crippen LogP contribution in [0.3, 0.4) is 0 Å². The fourth-order valence-corrected chi connectivity index (χ4v) is 0.970. The van der Waals surface area contributed by atoms with Gasteiger partial charge in [-0.3, -0.25) is 4.79 Å². The summed E-state index contributed by atoms with van der Waals surface area (Å²) in [6.45, 7) is 1.79. The summed E-state index contributed by atoms with van der Waals surface area (Å²) in [6.07, 6.45) is 5.45. The van der Waals surface area contributed by atoms with E-state index in [0.29, 0.717) is 5.76 Å². The molecule has 0 aromatic carbocycles. The summed E-state index contributed by atoms with van der Waals surface area (Å²) in [5, 5.41) is 8.41. The van der Waals surface area contributed by atoms with E-state index in [9.17, 15) is 9.59 Å². The van der Waals surface area contributed by atoms with Gasteiger partial charge in [0.15, 0.2) is 5.76 Å². The standard InChI is InChI=1S/C13H10O4/c1-2-3-4-5-11(14)12-8-6-10(17-12)7-9-13(15)16/h2-3,6-9H,1H3,(H,15,16). The Morgan fingerprint density at radius 3 is 2.82 bits per heavy atom. The minimum absolute atomic E-state index is 0.0899. The number of carboxylic acid groups (broad SMARTS) is 1. The Hall–Kier alpha value is -2.54. The number of hydrogen-bond donors (Lipinski definition) is 1. The van der Waals surface area contributed by atoms with Crippen LogP contribution >= 0.6 is 0 Å². The number of furan rings is 1. The van der Waals surface area contributed by atoms with Crippen molar-refractivity contribution in [1.29, 1.82) is 0 Å². The number of ketones is 1. The number of allylic oxidation sites excluding steroid dienone is 2. The molecule has 0 bridgehead atoms.